The van der Waals surface area contributed by atoms with Crippen LogP contribution in [0.4, 0.5) is 5.69 Å². The van der Waals surface area contributed by atoms with Crippen molar-refractivity contribution < 1.29 is 9.45 Å². The minimum atomic E-state index is -0.424. The third kappa shape index (κ3) is 3.62. The number of hydrogen-bond acceptors (Lipinski definition) is 6. The van der Waals surface area contributed by atoms with E-state index in [1.807, 2.05) is 0 Å². The SMILES string of the molecule is CC(C)C(C)N(Cc1nc(-c2ccc([N+](=O)[O-])cc2)no1)C1CC1. The van der Waals surface area contributed by atoms with Gasteiger partial charge in [0.15, 0.2) is 0 Å². The molecular formula is C17H22N4O3. The van der Waals surface area contributed by atoms with Crippen molar-refractivity contribution in [3.63, 3.8) is 0 Å². The van der Waals surface area contributed by atoms with Gasteiger partial charge in [0, 0.05) is 29.8 Å². The predicted octanol–water partition coefficient (Wildman–Crippen LogP) is 3.65. The van der Waals surface area contributed by atoms with E-state index in [2.05, 4.69) is 35.8 Å². The van der Waals surface area contributed by atoms with Gasteiger partial charge in [-0.1, -0.05) is 19.0 Å². The second-order valence-electron chi connectivity index (χ2n) is 6.70. The molecule has 3 rings (SSSR count). The molecule has 1 heterocycles. The number of nitro benzene ring substituents is 1. The van der Waals surface area contributed by atoms with Gasteiger partial charge in [-0.25, -0.2) is 0 Å². The van der Waals surface area contributed by atoms with Gasteiger partial charge >= 0.3 is 0 Å². The molecular weight excluding hydrogens is 308 g/mol. The number of nitrogens with zero attached hydrogens (tertiary/aromatic N) is 4. The fourth-order valence-corrected chi connectivity index (χ4v) is 2.72. The third-order valence-corrected chi connectivity index (χ3v) is 4.63. The number of aromatic nitrogens is 2. The minimum absolute atomic E-state index is 0.0492. The molecule has 0 spiro atoms. The average Bonchev–Trinajstić information content (AvgIpc) is 3.30. The molecule has 0 bridgehead atoms. The van der Waals surface area contributed by atoms with E-state index in [0.717, 1.165) is 0 Å². The second-order valence-corrected chi connectivity index (χ2v) is 6.70. The zero-order chi connectivity index (χ0) is 17.3. The highest BCUT2D eigenvalue weighted by Crippen LogP contribution is 2.32. The molecule has 1 aromatic carbocycles. The maximum Gasteiger partial charge on any atom is 0.269 e. The topological polar surface area (TPSA) is 85.3 Å². The quantitative estimate of drug-likeness (QED) is 0.569. The van der Waals surface area contributed by atoms with Gasteiger partial charge in [-0.2, -0.15) is 4.98 Å². The Morgan fingerprint density at radius 2 is 1.96 bits per heavy atom. The Kier molecular flexibility index (Phi) is 4.62. The second kappa shape index (κ2) is 6.68. The molecule has 1 unspecified atom stereocenters. The number of nitro groups is 1. The van der Waals surface area contributed by atoms with Crippen molar-refractivity contribution in [1.29, 1.82) is 0 Å². The molecule has 0 radical (unpaired) electrons. The van der Waals surface area contributed by atoms with Crippen molar-refractivity contribution in [3.8, 4) is 11.4 Å². The molecule has 0 aliphatic heterocycles. The van der Waals surface area contributed by atoms with Crippen LogP contribution in [0, 0.1) is 16.0 Å². The molecule has 0 amide bonds. The molecule has 1 aromatic heterocycles. The smallest absolute Gasteiger partial charge is 0.269 e. The summed E-state index contributed by atoms with van der Waals surface area (Å²) < 4.78 is 5.40. The van der Waals surface area contributed by atoms with Gasteiger partial charge < -0.3 is 4.52 Å². The van der Waals surface area contributed by atoms with Crippen molar-refractivity contribution in [3.05, 3.63) is 40.3 Å². The van der Waals surface area contributed by atoms with Crippen LogP contribution in [0.3, 0.4) is 0 Å². The lowest BCUT2D eigenvalue weighted by Crippen LogP contribution is -2.38. The summed E-state index contributed by atoms with van der Waals surface area (Å²) in [6.45, 7) is 7.31. The van der Waals surface area contributed by atoms with E-state index in [0.29, 0.717) is 41.8 Å². The van der Waals surface area contributed by atoms with Crippen LogP contribution >= 0.6 is 0 Å². The van der Waals surface area contributed by atoms with Crippen LogP contribution in [-0.4, -0.2) is 32.0 Å². The number of benzene rings is 1. The van der Waals surface area contributed by atoms with Gasteiger partial charge in [-0.05, 0) is 37.8 Å². The summed E-state index contributed by atoms with van der Waals surface area (Å²) in [6.07, 6.45) is 2.45. The first-order valence-electron chi connectivity index (χ1n) is 8.29. The Balaban J connectivity index is 1.73. The summed E-state index contributed by atoms with van der Waals surface area (Å²) in [4.78, 5) is 17.2. The number of hydrogen-bond donors (Lipinski definition) is 0. The molecule has 1 aliphatic carbocycles. The van der Waals surface area contributed by atoms with Crippen LogP contribution in [0.2, 0.25) is 0 Å². The highest BCUT2D eigenvalue weighted by Gasteiger charge is 2.34. The molecule has 128 valence electrons. The van der Waals surface area contributed by atoms with Gasteiger partial charge in [0.1, 0.15) is 0 Å². The van der Waals surface area contributed by atoms with Crippen LogP contribution in [-0.2, 0) is 6.54 Å². The predicted molar refractivity (Wildman–Crippen MR) is 89.3 cm³/mol. The van der Waals surface area contributed by atoms with Crippen molar-refractivity contribution in [2.45, 2.75) is 52.2 Å². The molecule has 7 heteroatoms. The van der Waals surface area contributed by atoms with Gasteiger partial charge in [0.25, 0.3) is 5.69 Å². The summed E-state index contributed by atoms with van der Waals surface area (Å²) >= 11 is 0. The first-order chi connectivity index (χ1) is 11.5. The largest absolute Gasteiger partial charge is 0.338 e. The first kappa shape index (κ1) is 16.6. The van der Waals surface area contributed by atoms with E-state index in [1.54, 1.807) is 12.1 Å². The average molecular weight is 330 g/mol. The lowest BCUT2D eigenvalue weighted by atomic mass is 10.0. The maximum atomic E-state index is 10.7. The molecule has 0 N–H and O–H groups in total. The molecule has 1 fully saturated rings. The fraction of sp³-hybridized carbons (Fsp3) is 0.529. The Hall–Kier alpha value is -2.28. The van der Waals surface area contributed by atoms with Crippen LogP contribution in [0.25, 0.3) is 11.4 Å². The van der Waals surface area contributed by atoms with Gasteiger partial charge in [-0.3, -0.25) is 15.0 Å². The van der Waals surface area contributed by atoms with Gasteiger partial charge in [0.05, 0.1) is 11.5 Å². The Morgan fingerprint density at radius 1 is 1.29 bits per heavy atom. The third-order valence-electron chi connectivity index (χ3n) is 4.63. The summed E-state index contributed by atoms with van der Waals surface area (Å²) in [5, 5.41) is 14.7. The summed E-state index contributed by atoms with van der Waals surface area (Å²) in [7, 11) is 0. The van der Waals surface area contributed by atoms with E-state index in [1.165, 1.54) is 25.0 Å². The number of non-ortho nitro benzene ring substituents is 1. The molecule has 1 aliphatic rings. The lowest BCUT2D eigenvalue weighted by molar-refractivity contribution is -0.384. The maximum absolute atomic E-state index is 10.7. The molecule has 0 saturated heterocycles. The summed E-state index contributed by atoms with van der Waals surface area (Å²) in [5.74, 6) is 1.61. The lowest BCUT2D eigenvalue weighted by Gasteiger charge is -2.30. The molecule has 1 atom stereocenters. The van der Waals surface area contributed by atoms with E-state index in [4.69, 9.17) is 4.52 Å². The highest BCUT2D eigenvalue weighted by atomic mass is 16.6. The Morgan fingerprint density at radius 3 is 2.50 bits per heavy atom. The van der Waals surface area contributed by atoms with E-state index in [9.17, 15) is 10.1 Å². The zero-order valence-electron chi connectivity index (χ0n) is 14.2. The molecule has 1 saturated carbocycles. The van der Waals surface area contributed by atoms with Crippen molar-refractivity contribution in [2.75, 3.05) is 0 Å². The van der Waals surface area contributed by atoms with Crippen molar-refractivity contribution in [1.82, 2.24) is 15.0 Å². The van der Waals surface area contributed by atoms with Crippen molar-refractivity contribution >= 4 is 5.69 Å². The normalized spacial score (nSPS) is 15.9. The summed E-state index contributed by atoms with van der Waals surface area (Å²) in [6, 6.07) is 7.24. The molecule has 2 aromatic rings. The van der Waals surface area contributed by atoms with Gasteiger partial charge in [-0.15, -0.1) is 0 Å². The van der Waals surface area contributed by atoms with E-state index < -0.39 is 4.92 Å². The first-order valence-corrected chi connectivity index (χ1v) is 8.29. The molecule has 7 nitrogen and oxygen atoms in total. The van der Waals surface area contributed by atoms with Gasteiger partial charge in [0.2, 0.25) is 11.7 Å². The zero-order valence-corrected chi connectivity index (χ0v) is 14.2. The van der Waals surface area contributed by atoms with E-state index in [-0.39, 0.29) is 5.69 Å². The number of rotatable bonds is 7. The minimum Gasteiger partial charge on any atom is -0.338 e. The van der Waals surface area contributed by atoms with Crippen LogP contribution in [0.5, 0.6) is 0 Å². The Bertz CT molecular complexity index is 707. The molecule has 24 heavy (non-hydrogen) atoms. The van der Waals surface area contributed by atoms with Crippen LogP contribution in [0.1, 0.15) is 39.5 Å². The van der Waals surface area contributed by atoms with Crippen LogP contribution < -0.4 is 0 Å². The highest BCUT2D eigenvalue weighted by molar-refractivity contribution is 5.56. The Labute approximate surface area is 140 Å². The fourth-order valence-electron chi connectivity index (χ4n) is 2.72. The van der Waals surface area contributed by atoms with E-state index >= 15 is 0 Å². The van der Waals surface area contributed by atoms with Crippen LogP contribution in [0.15, 0.2) is 28.8 Å². The van der Waals surface area contributed by atoms with Crippen molar-refractivity contribution in [2.24, 2.45) is 5.92 Å². The standard InChI is InChI=1S/C17H22N4O3/c1-11(2)12(3)20(14-8-9-14)10-16-18-17(19-24-16)13-4-6-15(7-5-13)21(22)23/h4-7,11-12,14H,8-10H2,1-3H3. The summed E-state index contributed by atoms with van der Waals surface area (Å²) in [5.41, 5.74) is 0.763. The monoisotopic (exact) mass is 330 g/mol.